The van der Waals surface area contributed by atoms with Crippen LogP contribution in [0.1, 0.15) is 44.6 Å². The van der Waals surface area contributed by atoms with Crippen LogP contribution in [0.15, 0.2) is 22.9 Å². The monoisotopic (exact) mass is 261 g/mol. The lowest BCUT2D eigenvalue weighted by Gasteiger charge is -2.11. The lowest BCUT2D eigenvalue weighted by molar-refractivity contribution is 0.129. The smallest absolute Gasteiger partial charge is 0.232 e. The molecule has 0 amide bonds. The summed E-state index contributed by atoms with van der Waals surface area (Å²) in [5.74, 6) is 0.777. The Kier molecular flexibility index (Phi) is 4.27. The van der Waals surface area contributed by atoms with E-state index in [1.165, 1.54) is 0 Å². The highest BCUT2D eigenvalue weighted by atomic mass is 16.5. The average Bonchev–Trinajstić information content (AvgIpc) is 2.95. The van der Waals surface area contributed by atoms with E-state index in [0.29, 0.717) is 18.1 Å². The van der Waals surface area contributed by atoms with Crippen LogP contribution >= 0.6 is 0 Å². The first-order valence-electron chi connectivity index (χ1n) is 6.63. The van der Waals surface area contributed by atoms with E-state index in [1.807, 2.05) is 26.0 Å². The van der Waals surface area contributed by atoms with Gasteiger partial charge in [-0.15, -0.1) is 0 Å². The highest BCUT2D eigenvalue weighted by Crippen LogP contribution is 2.24. The molecule has 0 aliphatic rings. The largest absolute Gasteiger partial charge is 0.392 e. The van der Waals surface area contributed by atoms with Gasteiger partial charge in [-0.3, -0.25) is 4.98 Å². The molecule has 2 unspecified atom stereocenters. The van der Waals surface area contributed by atoms with E-state index in [4.69, 9.17) is 4.52 Å². The summed E-state index contributed by atoms with van der Waals surface area (Å²) in [7, 11) is 0. The second-order valence-corrected chi connectivity index (χ2v) is 4.59. The molecule has 0 saturated heterocycles. The molecule has 0 saturated carbocycles. The number of aryl methyl sites for hydroxylation is 1. The molecule has 5 nitrogen and oxygen atoms in total. The molecule has 0 fully saturated rings. The molecule has 2 atom stereocenters. The fourth-order valence-corrected chi connectivity index (χ4v) is 1.96. The third-order valence-electron chi connectivity index (χ3n) is 3.31. The molecule has 19 heavy (non-hydrogen) atoms. The van der Waals surface area contributed by atoms with Crippen LogP contribution in [0.3, 0.4) is 0 Å². The Morgan fingerprint density at radius 1 is 1.37 bits per heavy atom. The minimum absolute atomic E-state index is 0.167. The normalized spacial score (nSPS) is 14.3. The molecule has 0 bridgehead atoms. The van der Waals surface area contributed by atoms with E-state index < -0.39 is 6.10 Å². The van der Waals surface area contributed by atoms with Gasteiger partial charge in [-0.2, -0.15) is 4.98 Å². The first-order chi connectivity index (χ1) is 9.17. The van der Waals surface area contributed by atoms with Crippen molar-refractivity contribution < 1.29 is 9.63 Å². The fourth-order valence-electron chi connectivity index (χ4n) is 1.96. The quantitative estimate of drug-likeness (QED) is 0.895. The SMILES string of the molecule is CCc1cccnc1-c1noc(C(C)C(O)CC)n1. The third kappa shape index (κ3) is 2.81. The first-order valence-corrected chi connectivity index (χ1v) is 6.63. The van der Waals surface area contributed by atoms with Gasteiger partial charge in [-0.1, -0.05) is 32.0 Å². The summed E-state index contributed by atoms with van der Waals surface area (Å²) in [5, 5.41) is 13.8. The molecule has 5 heteroatoms. The number of hydrogen-bond donors (Lipinski definition) is 1. The molecule has 2 aromatic heterocycles. The van der Waals surface area contributed by atoms with Crippen molar-refractivity contribution in [1.82, 2.24) is 15.1 Å². The van der Waals surface area contributed by atoms with Crippen LogP contribution in [-0.2, 0) is 6.42 Å². The number of aliphatic hydroxyl groups excluding tert-OH is 1. The molecule has 102 valence electrons. The summed E-state index contributed by atoms with van der Waals surface area (Å²) < 4.78 is 5.24. The minimum atomic E-state index is -0.470. The number of aliphatic hydroxyl groups is 1. The van der Waals surface area contributed by atoms with Gasteiger partial charge in [-0.25, -0.2) is 0 Å². The van der Waals surface area contributed by atoms with E-state index >= 15 is 0 Å². The summed E-state index contributed by atoms with van der Waals surface area (Å²) in [6, 6.07) is 3.90. The van der Waals surface area contributed by atoms with Gasteiger partial charge in [0.1, 0.15) is 5.69 Å². The highest BCUT2D eigenvalue weighted by molar-refractivity contribution is 5.53. The highest BCUT2D eigenvalue weighted by Gasteiger charge is 2.22. The molecule has 1 N–H and O–H groups in total. The molecular formula is C14H19N3O2. The van der Waals surface area contributed by atoms with E-state index in [-0.39, 0.29) is 5.92 Å². The molecule has 0 aromatic carbocycles. The Labute approximate surface area is 112 Å². The summed E-state index contributed by atoms with van der Waals surface area (Å²) >= 11 is 0. The standard InChI is InChI=1S/C14H19N3O2/c1-4-10-7-6-8-15-12(10)13-16-14(19-17-13)9(3)11(18)5-2/h6-9,11,18H,4-5H2,1-3H3. The second kappa shape index (κ2) is 5.93. The van der Waals surface area contributed by atoms with Crippen LogP contribution in [-0.4, -0.2) is 26.3 Å². The zero-order chi connectivity index (χ0) is 13.8. The van der Waals surface area contributed by atoms with E-state index in [0.717, 1.165) is 17.7 Å². The second-order valence-electron chi connectivity index (χ2n) is 4.59. The zero-order valence-electron chi connectivity index (χ0n) is 11.5. The first kappa shape index (κ1) is 13.7. The van der Waals surface area contributed by atoms with Crippen molar-refractivity contribution in [3.8, 4) is 11.5 Å². The number of nitrogens with zero attached hydrogens (tertiary/aromatic N) is 3. The maximum absolute atomic E-state index is 9.82. The molecule has 0 spiro atoms. The van der Waals surface area contributed by atoms with Gasteiger partial charge < -0.3 is 9.63 Å². The van der Waals surface area contributed by atoms with Gasteiger partial charge in [0.2, 0.25) is 11.7 Å². The van der Waals surface area contributed by atoms with Crippen LogP contribution in [0.5, 0.6) is 0 Å². The third-order valence-corrected chi connectivity index (χ3v) is 3.31. The van der Waals surface area contributed by atoms with Crippen molar-refractivity contribution in [1.29, 1.82) is 0 Å². The van der Waals surface area contributed by atoms with E-state index in [2.05, 4.69) is 22.0 Å². The Morgan fingerprint density at radius 2 is 2.16 bits per heavy atom. The van der Waals surface area contributed by atoms with Crippen LogP contribution in [0.4, 0.5) is 0 Å². The predicted molar refractivity (Wildman–Crippen MR) is 71.6 cm³/mol. The van der Waals surface area contributed by atoms with Crippen LogP contribution < -0.4 is 0 Å². The fraction of sp³-hybridized carbons (Fsp3) is 0.500. The Hall–Kier alpha value is -1.75. The molecule has 2 rings (SSSR count). The Balaban J connectivity index is 2.30. The van der Waals surface area contributed by atoms with Crippen molar-refractivity contribution in [2.45, 2.75) is 45.6 Å². The molecular weight excluding hydrogens is 242 g/mol. The summed E-state index contributed by atoms with van der Waals surface area (Å²) in [5.41, 5.74) is 1.83. The molecule has 0 aliphatic carbocycles. The van der Waals surface area contributed by atoms with E-state index in [1.54, 1.807) is 6.20 Å². The van der Waals surface area contributed by atoms with Crippen molar-refractivity contribution in [3.63, 3.8) is 0 Å². The molecule has 2 heterocycles. The number of aromatic nitrogens is 3. The maximum atomic E-state index is 9.82. The lowest BCUT2D eigenvalue weighted by Crippen LogP contribution is -2.14. The van der Waals surface area contributed by atoms with Crippen molar-refractivity contribution in [2.24, 2.45) is 0 Å². The minimum Gasteiger partial charge on any atom is -0.392 e. The number of pyridine rings is 1. The molecule has 2 aromatic rings. The van der Waals surface area contributed by atoms with Gasteiger partial charge in [0.15, 0.2) is 0 Å². The zero-order valence-corrected chi connectivity index (χ0v) is 11.5. The van der Waals surface area contributed by atoms with Crippen LogP contribution in [0.2, 0.25) is 0 Å². The van der Waals surface area contributed by atoms with Gasteiger partial charge in [-0.05, 0) is 24.5 Å². The molecule has 0 radical (unpaired) electrons. The maximum Gasteiger partial charge on any atom is 0.232 e. The topological polar surface area (TPSA) is 72.0 Å². The van der Waals surface area contributed by atoms with Crippen LogP contribution in [0, 0.1) is 0 Å². The Morgan fingerprint density at radius 3 is 2.84 bits per heavy atom. The van der Waals surface area contributed by atoms with Gasteiger partial charge >= 0.3 is 0 Å². The molecule has 0 aliphatic heterocycles. The van der Waals surface area contributed by atoms with Crippen molar-refractivity contribution >= 4 is 0 Å². The van der Waals surface area contributed by atoms with Crippen molar-refractivity contribution in [2.75, 3.05) is 0 Å². The van der Waals surface area contributed by atoms with Gasteiger partial charge in [0, 0.05) is 6.20 Å². The van der Waals surface area contributed by atoms with Gasteiger partial charge in [0.05, 0.1) is 12.0 Å². The average molecular weight is 261 g/mol. The summed E-state index contributed by atoms with van der Waals surface area (Å²) in [6.45, 7) is 5.86. The van der Waals surface area contributed by atoms with Crippen LogP contribution in [0.25, 0.3) is 11.5 Å². The Bertz CT molecular complexity index is 539. The summed E-state index contributed by atoms with van der Waals surface area (Å²) in [4.78, 5) is 8.67. The number of hydrogen-bond acceptors (Lipinski definition) is 5. The number of rotatable bonds is 5. The van der Waals surface area contributed by atoms with Crippen molar-refractivity contribution in [3.05, 3.63) is 29.8 Å². The lowest BCUT2D eigenvalue weighted by atomic mass is 10.0. The summed E-state index contributed by atoms with van der Waals surface area (Å²) in [6.07, 6.45) is 2.76. The van der Waals surface area contributed by atoms with Gasteiger partial charge in [0.25, 0.3) is 0 Å². The predicted octanol–water partition coefficient (Wildman–Crippen LogP) is 2.57. The van der Waals surface area contributed by atoms with E-state index in [9.17, 15) is 5.11 Å².